The molecule has 2 heterocycles. The number of aryl methyl sites for hydroxylation is 1. The molecular formula is C10H18N4O. The average molecular weight is 210 g/mol. The molecule has 2 unspecified atom stereocenters. The van der Waals surface area contributed by atoms with E-state index in [-0.39, 0.29) is 0 Å². The smallest absolute Gasteiger partial charge is 0.321 e. The van der Waals surface area contributed by atoms with Gasteiger partial charge in [-0.15, -0.1) is 0 Å². The van der Waals surface area contributed by atoms with Crippen molar-refractivity contribution in [3.63, 3.8) is 0 Å². The second kappa shape index (κ2) is 4.18. The first-order valence-electron chi connectivity index (χ1n) is 5.42. The van der Waals surface area contributed by atoms with Gasteiger partial charge in [-0.2, -0.15) is 4.98 Å². The Morgan fingerprint density at radius 3 is 2.93 bits per heavy atom. The lowest BCUT2D eigenvalue weighted by Gasteiger charge is -2.34. The van der Waals surface area contributed by atoms with Gasteiger partial charge in [0.1, 0.15) is 0 Å². The number of anilines is 1. The Balaban J connectivity index is 1.90. The highest BCUT2D eigenvalue weighted by Gasteiger charge is 2.23. The summed E-state index contributed by atoms with van der Waals surface area (Å²) in [6.45, 7) is 5.19. The van der Waals surface area contributed by atoms with Crippen molar-refractivity contribution in [3.8, 4) is 0 Å². The normalized spacial score (nSPS) is 27.9. The maximum Gasteiger partial charge on any atom is 0.321 e. The molecule has 0 aliphatic carbocycles. The maximum absolute atomic E-state index is 5.04. The van der Waals surface area contributed by atoms with Crippen LogP contribution in [0.15, 0.2) is 4.52 Å². The number of likely N-dealkylation sites (tertiary alicyclic amines) is 1. The minimum absolute atomic E-state index is 0.455. The maximum atomic E-state index is 5.04. The van der Waals surface area contributed by atoms with Gasteiger partial charge in [0.05, 0.1) is 0 Å². The van der Waals surface area contributed by atoms with Crippen molar-refractivity contribution in [1.29, 1.82) is 0 Å². The van der Waals surface area contributed by atoms with Crippen LogP contribution in [0.2, 0.25) is 0 Å². The molecule has 0 spiro atoms. The van der Waals surface area contributed by atoms with Crippen LogP contribution < -0.4 is 5.32 Å². The van der Waals surface area contributed by atoms with E-state index in [0.29, 0.717) is 23.9 Å². The number of aromatic nitrogens is 2. The third-order valence-corrected chi connectivity index (χ3v) is 3.06. The van der Waals surface area contributed by atoms with E-state index in [1.807, 2.05) is 6.92 Å². The molecule has 84 valence electrons. The van der Waals surface area contributed by atoms with Gasteiger partial charge in [-0.25, -0.2) is 0 Å². The molecule has 0 amide bonds. The molecule has 1 N–H and O–H groups in total. The van der Waals surface area contributed by atoms with Crippen LogP contribution in [-0.2, 0) is 0 Å². The summed E-state index contributed by atoms with van der Waals surface area (Å²) in [5.74, 6) is 0.679. The molecule has 5 heteroatoms. The highest BCUT2D eigenvalue weighted by atomic mass is 16.5. The Hall–Kier alpha value is -1.10. The zero-order valence-corrected chi connectivity index (χ0v) is 9.53. The topological polar surface area (TPSA) is 54.2 Å². The zero-order chi connectivity index (χ0) is 10.8. The highest BCUT2D eigenvalue weighted by Crippen LogP contribution is 2.18. The summed E-state index contributed by atoms with van der Waals surface area (Å²) >= 11 is 0. The van der Waals surface area contributed by atoms with Crippen LogP contribution in [0, 0.1) is 6.92 Å². The first-order valence-corrected chi connectivity index (χ1v) is 5.42. The third-order valence-electron chi connectivity index (χ3n) is 3.06. The second-order valence-corrected chi connectivity index (χ2v) is 4.34. The molecule has 2 atom stereocenters. The monoisotopic (exact) mass is 210 g/mol. The van der Waals surface area contributed by atoms with Gasteiger partial charge < -0.3 is 14.7 Å². The van der Waals surface area contributed by atoms with Gasteiger partial charge in [0.15, 0.2) is 5.82 Å². The van der Waals surface area contributed by atoms with E-state index in [4.69, 9.17) is 4.52 Å². The molecule has 0 aromatic carbocycles. The van der Waals surface area contributed by atoms with E-state index >= 15 is 0 Å². The van der Waals surface area contributed by atoms with Gasteiger partial charge >= 0.3 is 6.01 Å². The minimum atomic E-state index is 0.455. The lowest BCUT2D eigenvalue weighted by atomic mass is 9.99. The Kier molecular flexibility index (Phi) is 2.90. The average Bonchev–Trinajstić information content (AvgIpc) is 2.58. The molecule has 0 saturated carbocycles. The minimum Gasteiger partial charge on any atom is -0.335 e. The fourth-order valence-corrected chi connectivity index (χ4v) is 1.95. The molecule has 2 rings (SSSR count). The first-order chi connectivity index (χ1) is 7.15. The van der Waals surface area contributed by atoms with Crippen LogP contribution in [0.25, 0.3) is 0 Å². The highest BCUT2D eigenvalue weighted by molar-refractivity contribution is 5.20. The molecule has 1 aliphatic rings. The van der Waals surface area contributed by atoms with Crippen molar-refractivity contribution in [3.05, 3.63) is 5.82 Å². The van der Waals surface area contributed by atoms with Crippen LogP contribution >= 0.6 is 0 Å². The Morgan fingerprint density at radius 2 is 2.33 bits per heavy atom. The Morgan fingerprint density at radius 1 is 1.53 bits per heavy atom. The van der Waals surface area contributed by atoms with Crippen LogP contribution in [-0.4, -0.2) is 40.7 Å². The number of nitrogens with zero attached hydrogens (tertiary/aromatic N) is 3. The van der Waals surface area contributed by atoms with Crippen LogP contribution in [0.3, 0.4) is 0 Å². The van der Waals surface area contributed by atoms with Gasteiger partial charge in [0.25, 0.3) is 0 Å². The summed E-state index contributed by atoms with van der Waals surface area (Å²) in [4.78, 5) is 6.52. The summed E-state index contributed by atoms with van der Waals surface area (Å²) in [6.07, 6.45) is 2.25. The first kappa shape index (κ1) is 10.4. The molecular weight excluding hydrogens is 192 g/mol. The van der Waals surface area contributed by atoms with Crippen molar-refractivity contribution < 1.29 is 4.52 Å². The van der Waals surface area contributed by atoms with E-state index in [9.17, 15) is 0 Å². The largest absolute Gasteiger partial charge is 0.335 e. The predicted molar refractivity (Wildman–Crippen MR) is 57.8 cm³/mol. The lowest BCUT2D eigenvalue weighted by molar-refractivity contribution is 0.188. The zero-order valence-electron chi connectivity index (χ0n) is 9.53. The van der Waals surface area contributed by atoms with Gasteiger partial charge in [0, 0.05) is 18.6 Å². The fraction of sp³-hybridized carbons (Fsp3) is 0.800. The van der Waals surface area contributed by atoms with Crippen molar-refractivity contribution in [2.24, 2.45) is 0 Å². The quantitative estimate of drug-likeness (QED) is 0.796. The van der Waals surface area contributed by atoms with E-state index in [1.54, 1.807) is 0 Å². The van der Waals surface area contributed by atoms with Gasteiger partial charge in [0.2, 0.25) is 0 Å². The molecule has 0 bridgehead atoms. The number of piperidine rings is 1. The number of rotatable bonds is 2. The summed E-state index contributed by atoms with van der Waals surface area (Å²) in [5, 5.41) is 7.04. The van der Waals surface area contributed by atoms with Gasteiger partial charge in [-0.3, -0.25) is 0 Å². The molecule has 1 aliphatic heterocycles. The van der Waals surface area contributed by atoms with Gasteiger partial charge in [-0.05, 0) is 33.7 Å². The number of hydrogen-bond acceptors (Lipinski definition) is 5. The number of nitrogens with one attached hydrogen (secondary N) is 1. The predicted octanol–water partition coefficient (Wildman–Crippen LogP) is 1.27. The standard InChI is InChI=1S/C10H18N4O/c1-7-6-9(4-5-14(7)3)12-10-11-8(2)13-15-10/h7,9H,4-6H2,1-3H3,(H,11,12,13). The Labute approximate surface area is 89.8 Å². The van der Waals surface area contributed by atoms with Crippen LogP contribution in [0.1, 0.15) is 25.6 Å². The molecule has 1 aromatic rings. The molecule has 1 fully saturated rings. The molecule has 5 nitrogen and oxygen atoms in total. The second-order valence-electron chi connectivity index (χ2n) is 4.34. The van der Waals surface area contributed by atoms with Crippen molar-refractivity contribution in [2.45, 2.75) is 38.8 Å². The SMILES string of the molecule is Cc1noc(NC2CCN(C)C(C)C2)n1. The number of hydrogen-bond donors (Lipinski definition) is 1. The molecule has 1 saturated heterocycles. The van der Waals surface area contributed by atoms with E-state index in [1.165, 1.54) is 0 Å². The third kappa shape index (κ3) is 2.47. The van der Waals surface area contributed by atoms with Crippen LogP contribution in [0.4, 0.5) is 6.01 Å². The summed E-state index contributed by atoms with van der Waals surface area (Å²) in [6, 6.07) is 1.62. The fourth-order valence-electron chi connectivity index (χ4n) is 1.95. The van der Waals surface area contributed by atoms with Crippen molar-refractivity contribution >= 4 is 6.01 Å². The van der Waals surface area contributed by atoms with Crippen molar-refractivity contribution in [1.82, 2.24) is 15.0 Å². The summed E-state index contributed by atoms with van der Waals surface area (Å²) in [7, 11) is 2.16. The molecule has 15 heavy (non-hydrogen) atoms. The van der Waals surface area contributed by atoms with E-state index in [2.05, 4.69) is 34.3 Å². The molecule has 1 aromatic heterocycles. The Bertz CT molecular complexity index is 325. The van der Waals surface area contributed by atoms with E-state index in [0.717, 1.165) is 19.4 Å². The van der Waals surface area contributed by atoms with Gasteiger partial charge in [-0.1, -0.05) is 5.16 Å². The molecule has 0 radical (unpaired) electrons. The lowest BCUT2D eigenvalue weighted by Crippen LogP contribution is -2.42. The van der Waals surface area contributed by atoms with Crippen molar-refractivity contribution in [2.75, 3.05) is 18.9 Å². The van der Waals surface area contributed by atoms with E-state index < -0.39 is 0 Å². The summed E-state index contributed by atoms with van der Waals surface area (Å²) in [5.41, 5.74) is 0. The van der Waals surface area contributed by atoms with Crippen LogP contribution in [0.5, 0.6) is 0 Å². The summed E-state index contributed by atoms with van der Waals surface area (Å²) < 4.78 is 5.04.